The largest absolute Gasteiger partial charge is 0.496 e. The normalized spacial score (nSPS) is 18.5. The summed E-state index contributed by atoms with van der Waals surface area (Å²) in [5.41, 5.74) is 1.22. The molecule has 3 N–H and O–H groups in total. The molecular formula is C25H23N5O5. The van der Waals surface area contributed by atoms with Gasteiger partial charge in [0, 0.05) is 24.4 Å². The lowest BCUT2D eigenvalue weighted by atomic mass is 9.79. The second-order valence-corrected chi connectivity index (χ2v) is 8.18. The fourth-order valence-corrected chi connectivity index (χ4v) is 4.36. The molecule has 2 aliphatic heterocycles. The van der Waals surface area contributed by atoms with Crippen LogP contribution in [0.1, 0.15) is 29.0 Å². The Balaban J connectivity index is 1.46. The van der Waals surface area contributed by atoms with E-state index in [1.54, 1.807) is 24.3 Å². The quantitative estimate of drug-likeness (QED) is 0.514. The number of benzene rings is 2. The molecule has 178 valence electrons. The molecule has 0 spiro atoms. The predicted octanol–water partition coefficient (Wildman–Crippen LogP) is 2.78. The molecule has 0 saturated carbocycles. The van der Waals surface area contributed by atoms with Crippen LogP contribution in [0.15, 0.2) is 47.3 Å². The van der Waals surface area contributed by atoms with Crippen molar-refractivity contribution in [3.05, 3.63) is 69.5 Å². The molecule has 0 fully saturated rings. The minimum absolute atomic E-state index is 0.113. The molecular weight excluding hydrogens is 450 g/mol. The molecule has 0 radical (unpaired) electrons. The van der Waals surface area contributed by atoms with Crippen molar-refractivity contribution in [2.75, 3.05) is 31.0 Å². The van der Waals surface area contributed by atoms with Crippen LogP contribution in [-0.2, 0) is 11.3 Å². The number of fused-ring (bicyclic) bond motifs is 2. The van der Waals surface area contributed by atoms with Crippen molar-refractivity contribution >= 4 is 17.7 Å². The molecule has 2 unspecified atom stereocenters. The van der Waals surface area contributed by atoms with E-state index in [1.165, 1.54) is 7.11 Å². The number of aromatic amines is 1. The first-order chi connectivity index (χ1) is 17.1. The van der Waals surface area contributed by atoms with Crippen molar-refractivity contribution < 1.29 is 19.0 Å². The zero-order chi connectivity index (χ0) is 24.4. The number of para-hydroxylation sites is 1. The molecule has 3 heterocycles. The van der Waals surface area contributed by atoms with Crippen LogP contribution in [0.5, 0.6) is 17.2 Å². The number of anilines is 2. The molecule has 10 heteroatoms. The van der Waals surface area contributed by atoms with E-state index in [2.05, 4.69) is 20.6 Å². The van der Waals surface area contributed by atoms with Gasteiger partial charge in [0.05, 0.1) is 32.0 Å². The van der Waals surface area contributed by atoms with Crippen molar-refractivity contribution in [3.8, 4) is 23.3 Å². The Morgan fingerprint density at radius 2 is 1.97 bits per heavy atom. The van der Waals surface area contributed by atoms with Crippen molar-refractivity contribution in [1.82, 2.24) is 9.97 Å². The number of ether oxygens (including phenoxy) is 3. The number of nitrogens with one attached hydrogen (secondary N) is 3. The van der Waals surface area contributed by atoms with Crippen LogP contribution in [0, 0.1) is 17.2 Å². The fourth-order valence-electron chi connectivity index (χ4n) is 4.36. The van der Waals surface area contributed by atoms with E-state index in [9.17, 15) is 14.9 Å². The van der Waals surface area contributed by atoms with Gasteiger partial charge >= 0.3 is 0 Å². The molecule has 0 saturated heterocycles. The van der Waals surface area contributed by atoms with E-state index in [-0.39, 0.29) is 17.3 Å². The number of amides is 1. The van der Waals surface area contributed by atoms with Gasteiger partial charge in [-0.1, -0.05) is 24.3 Å². The second kappa shape index (κ2) is 9.38. The van der Waals surface area contributed by atoms with Gasteiger partial charge in [0.25, 0.3) is 5.56 Å². The minimum Gasteiger partial charge on any atom is -0.496 e. The zero-order valence-electron chi connectivity index (χ0n) is 19.0. The monoisotopic (exact) mass is 473 g/mol. The van der Waals surface area contributed by atoms with Gasteiger partial charge in [-0.2, -0.15) is 10.2 Å². The number of rotatable bonds is 5. The maximum atomic E-state index is 13.2. The summed E-state index contributed by atoms with van der Waals surface area (Å²) in [6.07, 6.45) is 0.816. The van der Waals surface area contributed by atoms with E-state index in [4.69, 9.17) is 14.2 Å². The molecule has 0 bridgehead atoms. The van der Waals surface area contributed by atoms with Gasteiger partial charge < -0.3 is 24.8 Å². The summed E-state index contributed by atoms with van der Waals surface area (Å²) in [7, 11) is 1.50. The van der Waals surface area contributed by atoms with Crippen molar-refractivity contribution in [1.29, 1.82) is 5.26 Å². The van der Waals surface area contributed by atoms with Crippen LogP contribution in [0.2, 0.25) is 0 Å². The Morgan fingerprint density at radius 3 is 2.77 bits per heavy atom. The number of carbonyl (C=O) groups excluding carboxylic acids is 1. The third kappa shape index (κ3) is 4.24. The Hall–Kier alpha value is -4.52. The van der Waals surface area contributed by atoms with Gasteiger partial charge in [0.1, 0.15) is 17.5 Å². The van der Waals surface area contributed by atoms with E-state index < -0.39 is 23.3 Å². The Bertz CT molecular complexity index is 1380. The molecule has 3 aromatic rings. The van der Waals surface area contributed by atoms with E-state index >= 15 is 0 Å². The SMILES string of the molecule is COc1ccccc1C1c2c(nc(NCc3ccc4c(c3)OCCCO4)[nH]c2=O)NC(=O)C1C#N. The molecule has 2 aromatic carbocycles. The summed E-state index contributed by atoms with van der Waals surface area (Å²) in [6, 6.07) is 14.7. The smallest absolute Gasteiger partial charge is 0.258 e. The lowest BCUT2D eigenvalue weighted by molar-refractivity contribution is -0.119. The lowest BCUT2D eigenvalue weighted by Crippen LogP contribution is -2.38. The zero-order valence-corrected chi connectivity index (χ0v) is 19.0. The van der Waals surface area contributed by atoms with E-state index in [0.717, 1.165) is 12.0 Å². The number of hydrogen-bond acceptors (Lipinski definition) is 8. The first-order valence-corrected chi connectivity index (χ1v) is 11.2. The number of aromatic nitrogens is 2. The van der Waals surface area contributed by atoms with Gasteiger partial charge in [0.2, 0.25) is 11.9 Å². The van der Waals surface area contributed by atoms with E-state index in [1.807, 2.05) is 24.3 Å². The summed E-state index contributed by atoms with van der Waals surface area (Å²) in [5.74, 6) is -0.309. The second-order valence-electron chi connectivity index (χ2n) is 8.18. The highest BCUT2D eigenvalue weighted by Crippen LogP contribution is 2.41. The molecule has 1 amide bonds. The van der Waals surface area contributed by atoms with Gasteiger partial charge in [0.15, 0.2) is 11.5 Å². The first-order valence-electron chi connectivity index (χ1n) is 11.2. The van der Waals surface area contributed by atoms with Crippen molar-refractivity contribution in [2.24, 2.45) is 5.92 Å². The van der Waals surface area contributed by atoms with Crippen LogP contribution in [0.25, 0.3) is 0 Å². The van der Waals surface area contributed by atoms with Crippen molar-refractivity contribution in [2.45, 2.75) is 18.9 Å². The molecule has 5 rings (SSSR count). The van der Waals surface area contributed by atoms with Crippen LogP contribution in [0.3, 0.4) is 0 Å². The first kappa shape index (κ1) is 22.3. The lowest BCUT2D eigenvalue weighted by Gasteiger charge is -2.29. The summed E-state index contributed by atoms with van der Waals surface area (Å²) >= 11 is 0. The highest BCUT2D eigenvalue weighted by Gasteiger charge is 2.41. The van der Waals surface area contributed by atoms with Crippen LogP contribution >= 0.6 is 0 Å². The summed E-state index contributed by atoms with van der Waals surface area (Å²) in [5, 5.41) is 15.4. The third-order valence-corrected chi connectivity index (χ3v) is 6.01. The number of nitriles is 1. The van der Waals surface area contributed by atoms with Gasteiger partial charge in [-0.15, -0.1) is 0 Å². The minimum atomic E-state index is -1.11. The fraction of sp³-hybridized carbons (Fsp3) is 0.280. The predicted molar refractivity (Wildman–Crippen MR) is 127 cm³/mol. The maximum absolute atomic E-state index is 13.2. The third-order valence-electron chi connectivity index (χ3n) is 6.01. The molecule has 2 atom stereocenters. The van der Waals surface area contributed by atoms with Gasteiger partial charge in [-0.3, -0.25) is 14.6 Å². The Kier molecular flexibility index (Phi) is 5.97. The molecule has 0 aliphatic carbocycles. The number of hydrogen-bond donors (Lipinski definition) is 3. The summed E-state index contributed by atoms with van der Waals surface area (Å²) < 4.78 is 16.8. The summed E-state index contributed by atoms with van der Waals surface area (Å²) in [4.78, 5) is 33.1. The average molecular weight is 473 g/mol. The van der Waals surface area contributed by atoms with Crippen molar-refractivity contribution in [3.63, 3.8) is 0 Å². The number of H-pyrrole nitrogens is 1. The van der Waals surface area contributed by atoms with Crippen LogP contribution in [-0.4, -0.2) is 36.2 Å². The molecule has 35 heavy (non-hydrogen) atoms. The molecule has 2 aliphatic rings. The van der Waals surface area contributed by atoms with Gasteiger partial charge in [-0.25, -0.2) is 0 Å². The molecule has 1 aromatic heterocycles. The average Bonchev–Trinajstić information content (AvgIpc) is 3.11. The number of carbonyl (C=O) groups is 1. The van der Waals surface area contributed by atoms with Gasteiger partial charge in [-0.05, 0) is 23.8 Å². The topological polar surface area (TPSA) is 138 Å². The highest BCUT2D eigenvalue weighted by molar-refractivity contribution is 5.98. The number of methoxy groups -OCH3 is 1. The van der Waals surface area contributed by atoms with E-state index in [0.29, 0.717) is 42.6 Å². The number of nitrogens with zero attached hydrogens (tertiary/aromatic N) is 2. The van der Waals surface area contributed by atoms with Crippen LogP contribution in [0.4, 0.5) is 11.8 Å². The molecule has 10 nitrogen and oxygen atoms in total. The summed E-state index contributed by atoms with van der Waals surface area (Å²) in [6.45, 7) is 1.54. The Morgan fingerprint density at radius 1 is 1.17 bits per heavy atom. The maximum Gasteiger partial charge on any atom is 0.258 e. The van der Waals surface area contributed by atoms with Crippen LogP contribution < -0.4 is 30.4 Å². The highest BCUT2D eigenvalue weighted by atomic mass is 16.5. The standard InChI is InChI=1S/C25H23N5O5/c1-33-17-6-3-2-5-15(17)20-16(12-26)23(31)28-22-21(20)24(32)30-25(29-22)27-13-14-7-8-18-19(11-14)35-10-4-9-34-18/h2-3,5-8,11,16,20H,4,9-10,13H2,1H3,(H3,27,28,29,30,31,32). The Labute approximate surface area is 200 Å².